The summed E-state index contributed by atoms with van der Waals surface area (Å²) in [5.74, 6) is 0.933. The number of nitrogens with one attached hydrogen (secondary N) is 1. The van der Waals surface area contributed by atoms with Crippen molar-refractivity contribution in [1.29, 1.82) is 0 Å². The van der Waals surface area contributed by atoms with Crippen molar-refractivity contribution in [1.82, 2.24) is 4.98 Å². The molecule has 164 valence electrons. The fraction of sp³-hybridized carbons (Fsp3) is 0.407. The highest BCUT2D eigenvalue weighted by Gasteiger charge is 2.58. The molecule has 1 saturated heterocycles. The number of fused-ring (bicyclic) bond motifs is 8. The molecule has 32 heavy (non-hydrogen) atoms. The maximum absolute atomic E-state index is 13.8. The first-order chi connectivity index (χ1) is 15.5. The molecule has 2 fully saturated rings. The van der Waals surface area contributed by atoms with E-state index in [1.54, 1.807) is 19.2 Å². The Labute approximate surface area is 187 Å². The number of ether oxygens (including phenoxy) is 1. The molecule has 0 bridgehead atoms. The summed E-state index contributed by atoms with van der Waals surface area (Å²) in [6.45, 7) is 4.39. The number of aromatic amines is 1. The van der Waals surface area contributed by atoms with E-state index in [1.807, 2.05) is 12.1 Å². The van der Waals surface area contributed by atoms with Gasteiger partial charge in [-0.2, -0.15) is 0 Å². The van der Waals surface area contributed by atoms with Crippen LogP contribution in [0, 0.1) is 24.7 Å². The SMILES string of the molecule is COc1ccc(N2C(=O)[C@@H]3[C@H]4C[C@@H](C)CC[C@@H]4c4c([nH]c5ccc(C)cc45)[C@H]3C2=O)cc1. The average Bonchev–Trinajstić information content (AvgIpc) is 3.28. The largest absolute Gasteiger partial charge is 0.497 e. The smallest absolute Gasteiger partial charge is 0.243 e. The number of nitrogens with zero attached hydrogens (tertiary/aromatic N) is 1. The molecule has 5 atom stereocenters. The summed E-state index contributed by atoms with van der Waals surface area (Å²) in [5, 5.41) is 1.23. The maximum Gasteiger partial charge on any atom is 0.243 e. The molecule has 3 aliphatic rings. The van der Waals surface area contributed by atoms with Gasteiger partial charge in [0.25, 0.3) is 0 Å². The number of anilines is 1. The molecule has 1 N–H and O–H groups in total. The fourth-order valence-corrected chi connectivity index (χ4v) is 6.58. The fourth-order valence-electron chi connectivity index (χ4n) is 6.58. The van der Waals surface area contributed by atoms with Gasteiger partial charge in [0, 0.05) is 16.6 Å². The minimum Gasteiger partial charge on any atom is -0.497 e. The quantitative estimate of drug-likeness (QED) is 0.564. The van der Waals surface area contributed by atoms with Crippen molar-refractivity contribution >= 4 is 28.4 Å². The van der Waals surface area contributed by atoms with E-state index >= 15 is 0 Å². The summed E-state index contributed by atoms with van der Waals surface area (Å²) in [7, 11) is 1.61. The van der Waals surface area contributed by atoms with Crippen LogP contribution in [0.1, 0.15) is 54.8 Å². The van der Waals surface area contributed by atoms with Gasteiger partial charge in [-0.05, 0) is 79.5 Å². The first kappa shape index (κ1) is 19.6. The van der Waals surface area contributed by atoms with Crippen LogP contribution in [0.25, 0.3) is 10.9 Å². The molecule has 0 unspecified atom stereocenters. The van der Waals surface area contributed by atoms with Crippen LogP contribution in [0.4, 0.5) is 5.69 Å². The summed E-state index contributed by atoms with van der Waals surface area (Å²) in [6.07, 6.45) is 3.24. The first-order valence-electron chi connectivity index (χ1n) is 11.6. The van der Waals surface area contributed by atoms with Crippen molar-refractivity contribution in [3.8, 4) is 5.75 Å². The van der Waals surface area contributed by atoms with E-state index in [0.29, 0.717) is 23.3 Å². The second kappa shape index (κ2) is 6.96. The third kappa shape index (κ3) is 2.63. The van der Waals surface area contributed by atoms with Crippen LogP contribution in [-0.4, -0.2) is 23.9 Å². The highest BCUT2D eigenvalue weighted by Crippen LogP contribution is 2.58. The molecule has 2 amide bonds. The van der Waals surface area contributed by atoms with Crippen LogP contribution < -0.4 is 9.64 Å². The Morgan fingerprint density at radius 2 is 1.81 bits per heavy atom. The Bertz CT molecular complexity index is 1240. The van der Waals surface area contributed by atoms with Gasteiger partial charge >= 0.3 is 0 Å². The molecule has 5 nitrogen and oxygen atoms in total. The maximum atomic E-state index is 13.8. The molecule has 1 saturated carbocycles. The zero-order valence-electron chi connectivity index (χ0n) is 18.7. The van der Waals surface area contributed by atoms with E-state index in [-0.39, 0.29) is 23.7 Å². The molecule has 2 aromatic carbocycles. The number of hydrogen-bond acceptors (Lipinski definition) is 3. The minimum atomic E-state index is -0.432. The number of aromatic nitrogens is 1. The number of carbonyl (C=O) groups is 2. The minimum absolute atomic E-state index is 0.0465. The van der Waals surface area contributed by atoms with Gasteiger partial charge in [0.2, 0.25) is 11.8 Å². The second-order valence-corrected chi connectivity index (χ2v) is 9.90. The average molecular weight is 429 g/mol. The van der Waals surface area contributed by atoms with Gasteiger partial charge < -0.3 is 9.72 Å². The van der Waals surface area contributed by atoms with E-state index in [9.17, 15) is 9.59 Å². The molecule has 6 rings (SSSR count). The lowest BCUT2D eigenvalue weighted by Gasteiger charge is -2.43. The third-order valence-corrected chi connectivity index (χ3v) is 8.01. The number of benzene rings is 2. The van der Waals surface area contributed by atoms with Gasteiger partial charge in [-0.3, -0.25) is 9.59 Å². The first-order valence-corrected chi connectivity index (χ1v) is 11.6. The lowest BCUT2D eigenvalue weighted by Crippen LogP contribution is -2.39. The number of amides is 2. The van der Waals surface area contributed by atoms with Gasteiger partial charge in [0.1, 0.15) is 5.75 Å². The number of imide groups is 1. The highest BCUT2D eigenvalue weighted by atomic mass is 16.5. The molecular formula is C27H28N2O3. The Hall–Kier alpha value is -3.08. The van der Waals surface area contributed by atoms with E-state index in [4.69, 9.17) is 4.74 Å². The van der Waals surface area contributed by atoms with Crippen molar-refractivity contribution in [2.75, 3.05) is 12.0 Å². The summed E-state index contributed by atoms with van der Waals surface area (Å²) in [6, 6.07) is 13.7. The van der Waals surface area contributed by atoms with E-state index in [2.05, 4.69) is 37.0 Å². The van der Waals surface area contributed by atoms with E-state index in [0.717, 1.165) is 24.1 Å². The number of aryl methyl sites for hydroxylation is 1. The lowest BCUT2D eigenvalue weighted by atomic mass is 9.59. The summed E-state index contributed by atoms with van der Waals surface area (Å²) >= 11 is 0. The number of carbonyl (C=O) groups excluding carboxylic acids is 2. The predicted octanol–water partition coefficient (Wildman–Crippen LogP) is 5.29. The molecule has 0 spiro atoms. The lowest BCUT2D eigenvalue weighted by molar-refractivity contribution is -0.123. The third-order valence-electron chi connectivity index (χ3n) is 8.01. The highest BCUT2D eigenvalue weighted by molar-refractivity contribution is 6.24. The Balaban J connectivity index is 1.53. The molecule has 1 aliphatic heterocycles. The molecule has 2 heterocycles. The number of hydrogen-bond donors (Lipinski definition) is 1. The van der Waals surface area contributed by atoms with Crippen LogP contribution in [-0.2, 0) is 9.59 Å². The molecule has 0 radical (unpaired) electrons. The van der Waals surface area contributed by atoms with Crippen molar-refractivity contribution in [3.05, 3.63) is 59.3 Å². The number of methoxy groups -OCH3 is 1. The second-order valence-electron chi connectivity index (χ2n) is 9.90. The standard InChI is InChI=1S/C27H28N2O3/c1-14-4-10-18-19(12-14)23-24(25-22(18)20-13-15(2)5-11-21(20)28-25)27(31)29(26(23)30)16-6-8-17(32-3)9-7-16/h5-9,11,13-14,18-19,23-24,28H,4,10,12H2,1-3H3/t14-,18-,19-,23+,24-/m0/s1. The number of rotatable bonds is 2. The zero-order valence-corrected chi connectivity index (χ0v) is 18.7. The van der Waals surface area contributed by atoms with Crippen molar-refractivity contribution in [2.24, 2.45) is 17.8 Å². The normalized spacial score (nSPS) is 29.1. The molecule has 2 aliphatic carbocycles. The molecule has 5 heteroatoms. The van der Waals surface area contributed by atoms with Gasteiger partial charge in [0.15, 0.2) is 0 Å². The molecule has 1 aromatic heterocycles. The number of H-pyrrole nitrogens is 1. The van der Waals surface area contributed by atoms with Crippen molar-refractivity contribution in [2.45, 2.75) is 44.9 Å². The predicted molar refractivity (Wildman–Crippen MR) is 124 cm³/mol. The topological polar surface area (TPSA) is 62.4 Å². The molecule has 3 aromatic rings. The molecular weight excluding hydrogens is 400 g/mol. The van der Waals surface area contributed by atoms with Crippen LogP contribution >= 0.6 is 0 Å². The summed E-state index contributed by atoms with van der Waals surface area (Å²) in [4.78, 5) is 32.6. The van der Waals surface area contributed by atoms with Gasteiger partial charge in [0.05, 0.1) is 24.6 Å². The van der Waals surface area contributed by atoms with Gasteiger partial charge in [-0.15, -0.1) is 0 Å². The van der Waals surface area contributed by atoms with E-state index in [1.165, 1.54) is 27.8 Å². The van der Waals surface area contributed by atoms with Crippen molar-refractivity contribution in [3.63, 3.8) is 0 Å². The summed E-state index contributed by atoms with van der Waals surface area (Å²) < 4.78 is 5.26. The van der Waals surface area contributed by atoms with Gasteiger partial charge in [-0.25, -0.2) is 4.90 Å². The van der Waals surface area contributed by atoms with Crippen LogP contribution in [0.2, 0.25) is 0 Å². The van der Waals surface area contributed by atoms with Crippen LogP contribution in [0.15, 0.2) is 42.5 Å². The summed E-state index contributed by atoms with van der Waals surface area (Å²) in [5.41, 5.74) is 5.18. The Morgan fingerprint density at radius 3 is 2.56 bits per heavy atom. The van der Waals surface area contributed by atoms with Crippen LogP contribution in [0.3, 0.4) is 0 Å². The van der Waals surface area contributed by atoms with Crippen molar-refractivity contribution < 1.29 is 14.3 Å². The van der Waals surface area contributed by atoms with E-state index < -0.39 is 5.92 Å². The van der Waals surface area contributed by atoms with Gasteiger partial charge in [-0.1, -0.05) is 25.0 Å². The monoisotopic (exact) mass is 428 g/mol. The Morgan fingerprint density at radius 1 is 1.03 bits per heavy atom. The Kier molecular flexibility index (Phi) is 4.26. The zero-order chi connectivity index (χ0) is 22.1. The van der Waals surface area contributed by atoms with Crippen LogP contribution in [0.5, 0.6) is 5.75 Å².